The minimum Gasteiger partial charge on any atom is -1.00 e. The topological polar surface area (TPSA) is 107 Å². The van der Waals surface area contributed by atoms with Crippen molar-refractivity contribution < 1.29 is 44.5 Å². The summed E-state index contributed by atoms with van der Waals surface area (Å²) in [6.07, 6.45) is -0.598. The number of carboxylic acid groups (broad SMARTS) is 1. The third-order valence-corrected chi connectivity index (χ3v) is 1.23. The fourth-order valence-electron chi connectivity index (χ4n) is 0.308. The summed E-state index contributed by atoms with van der Waals surface area (Å²) in [7, 11) is -4.10. The first kappa shape index (κ1) is 13.7. The average molecular weight is 177 g/mol. The van der Waals surface area contributed by atoms with E-state index in [0.29, 0.717) is 0 Å². The number of carbonyl (C=O) groups is 1. The van der Waals surface area contributed by atoms with Crippen LogP contribution < -0.4 is 24.2 Å². The Morgan fingerprint density at radius 2 is 2.00 bits per heavy atom. The van der Waals surface area contributed by atoms with Gasteiger partial charge in [-0.3, -0.25) is 14.7 Å². The molecule has 0 rings (SSSR count). The summed E-state index contributed by atoms with van der Waals surface area (Å²) >= 11 is 0. The van der Waals surface area contributed by atoms with E-state index >= 15 is 0 Å². The maximum absolute atomic E-state index is 10.1. The molecule has 0 aliphatic carbocycles. The minimum absolute atomic E-state index is 0. The van der Waals surface area contributed by atoms with Gasteiger partial charge in [0.15, 0.2) is 0 Å². The normalized spacial score (nSPS) is 10.4. The molecule has 0 fully saturated rings. The number of hydrogen-bond donors (Lipinski definition) is 4. The molecule has 11 heavy (non-hydrogen) atoms. The quantitative estimate of drug-likeness (QED) is 0.257. The van der Waals surface area contributed by atoms with Gasteiger partial charge in [0.25, 0.3) is 0 Å². The molecule has 0 saturated heterocycles. The Morgan fingerprint density at radius 3 is 2.27 bits per heavy atom. The molecule has 0 radical (unpaired) electrons. The molecule has 0 unspecified atom stereocenters. The Hall–Kier alpha value is 0.177. The first-order valence-corrected chi connectivity index (χ1v) is 4.18. The van der Waals surface area contributed by atoms with Crippen LogP contribution in [0.1, 0.15) is 1.43 Å². The summed E-state index contributed by atoms with van der Waals surface area (Å²) in [6, 6.07) is 0. The fourth-order valence-corrected chi connectivity index (χ4v) is 0.712. The zero-order valence-electron chi connectivity index (χ0n) is 7.02. The van der Waals surface area contributed by atoms with E-state index in [1.54, 1.807) is 0 Å². The number of carboxylic acids is 1. The van der Waals surface area contributed by atoms with Crippen LogP contribution in [0.4, 0.5) is 0 Å². The van der Waals surface area contributed by atoms with Crippen LogP contribution in [-0.4, -0.2) is 33.7 Å². The van der Waals surface area contributed by atoms with E-state index in [2.05, 4.69) is 5.32 Å². The molecule has 0 spiro atoms. The van der Waals surface area contributed by atoms with Crippen LogP contribution in [0, 0.1) is 0 Å². The van der Waals surface area contributed by atoms with Crippen molar-refractivity contribution in [2.24, 2.45) is 0 Å². The predicted octanol–water partition coefficient (Wildman–Crippen LogP) is -4.09. The van der Waals surface area contributed by atoms with Crippen LogP contribution in [0.15, 0.2) is 0 Å². The van der Waals surface area contributed by atoms with Gasteiger partial charge in [0.05, 0.1) is 12.8 Å². The van der Waals surface area contributed by atoms with Crippen LogP contribution in [-0.2, 0) is 9.36 Å². The third-order valence-electron chi connectivity index (χ3n) is 0.594. The Morgan fingerprint density at radius 1 is 1.55 bits per heavy atom. The van der Waals surface area contributed by atoms with Crippen molar-refractivity contribution in [3.05, 3.63) is 0 Å². The number of nitrogens with one attached hydrogen (secondary N) is 1. The average Bonchev–Trinajstić information content (AvgIpc) is 1.59. The smallest absolute Gasteiger partial charge is 1.00 e. The van der Waals surface area contributed by atoms with Crippen LogP contribution in [0.2, 0.25) is 0 Å². The second-order valence-corrected chi connectivity index (χ2v) is 3.29. The van der Waals surface area contributed by atoms with Crippen LogP contribution >= 0.6 is 7.60 Å². The second kappa shape index (κ2) is 5.78. The molecular weight excluding hydrogens is 168 g/mol. The fraction of sp³-hybridized carbons (Fsp3) is 0.667. The van der Waals surface area contributed by atoms with Gasteiger partial charge >= 0.3 is 32.4 Å². The largest absolute Gasteiger partial charge is 1.00 e. The Kier molecular flexibility index (Phi) is 7.22. The molecule has 4 N–H and O–H groups in total. The van der Waals surface area contributed by atoms with Crippen molar-refractivity contribution in [3.63, 3.8) is 0 Å². The zero-order valence-corrected chi connectivity index (χ0v) is 6.91. The van der Waals surface area contributed by atoms with Crippen molar-refractivity contribution in [1.29, 1.82) is 0 Å². The molecule has 0 aromatic rings. The molecule has 0 aromatic heterocycles. The van der Waals surface area contributed by atoms with Crippen molar-refractivity contribution >= 4 is 13.6 Å². The van der Waals surface area contributed by atoms with E-state index in [9.17, 15) is 9.36 Å². The first-order valence-electron chi connectivity index (χ1n) is 2.39. The number of hydrogen-bond acceptors (Lipinski definition) is 3. The van der Waals surface area contributed by atoms with E-state index in [1.807, 2.05) is 0 Å². The van der Waals surface area contributed by atoms with Crippen LogP contribution in [0.3, 0.4) is 0 Å². The number of aliphatic carboxylic acids is 1. The van der Waals surface area contributed by atoms with Gasteiger partial charge < -0.3 is 16.3 Å². The van der Waals surface area contributed by atoms with Crippen molar-refractivity contribution in [3.8, 4) is 0 Å². The van der Waals surface area contributed by atoms with Gasteiger partial charge in [0.2, 0.25) is 0 Å². The van der Waals surface area contributed by atoms with Crippen molar-refractivity contribution in [1.82, 2.24) is 5.32 Å². The molecule has 0 atom stereocenters. The van der Waals surface area contributed by atoms with E-state index in [-0.39, 0.29) is 20.3 Å². The molecule has 0 aliphatic rings. The summed E-state index contributed by atoms with van der Waals surface area (Å²) in [5, 5.41) is 10.1. The van der Waals surface area contributed by atoms with E-state index in [0.717, 1.165) is 0 Å². The van der Waals surface area contributed by atoms with Gasteiger partial charge in [-0.25, -0.2) is 0 Å². The summed E-state index contributed by atoms with van der Waals surface area (Å²) < 4.78 is 10.1. The molecule has 0 bridgehead atoms. The van der Waals surface area contributed by atoms with Gasteiger partial charge in [-0.05, 0) is 0 Å². The van der Waals surface area contributed by atoms with E-state index < -0.39 is 26.4 Å². The van der Waals surface area contributed by atoms with Crippen LogP contribution in [0.25, 0.3) is 0 Å². The maximum atomic E-state index is 10.1. The Labute approximate surface area is 76.8 Å². The van der Waals surface area contributed by atoms with Crippen molar-refractivity contribution in [2.45, 2.75) is 0 Å². The van der Waals surface area contributed by atoms with Gasteiger partial charge in [-0.1, -0.05) is 0 Å². The van der Waals surface area contributed by atoms with Gasteiger partial charge in [-0.15, -0.1) is 0 Å². The van der Waals surface area contributed by atoms with Crippen LogP contribution in [0.5, 0.6) is 0 Å². The molecule has 0 heterocycles. The Balaban J connectivity index is -0.000000405. The molecule has 0 aromatic carbocycles. The van der Waals surface area contributed by atoms with E-state index in [1.165, 1.54) is 0 Å². The molecule has 0 amide bonds. The molecule has 6 nitrogen and oxygen atoms in total. The third kappa shape index (κ3) is 13.2. The molecule has 62 valence electrons. The predicted molar refractivity (Wildman–Crippen MR) is 33.7 cm³/mol. The Bertz CT molecular complexity index is 172. The summed E-state index contributed by atoms with van der Waals surface area (Å²) in [4.78, 5) is 26.1. The summed E-state index contributed by atoms with van der Waals surface area (Å²) in [6.45, 7) is -0.439. The zero-order chi connectivity index (χ0) is 8.20. The van der Waals surface area contributed by atoms with Gasteiger partial charge in [0, 0.05) is 0 Å². The maximum Gasteiger partial charge on any atom is 1.00 e. The van der Waals surface area contributed by atoms with Gasteiger partial charge in [0.1, 0.15) is 0 Å². The molecule has 0 aliphatic heterocycles. The first-order chi connectivity index (χ1) is 4.42. The van der Waals surface area contributed by atoms with Crippen molar-refractivity contribution in [2.75, 3.05) is 12.8 Å². The molecule has 8 heteroatoms. The second-order valence-electron chi connectivity index (χ2n) is 1.64. The SMILES string of the molecule is O=C(O)CNCP(=O)(O)O.[H-].[Li+]. The standard InChI is InChI=1S/C3H8NO5P.Li.H/c5-3(6)1-4-2-10(7,8)9;;/h4H,1-2H2,(H,5,6)(H2,7,8,9);;/q;+1;-1. The molecule has 0 saturated carbocycles. The summed E-state index contributed by atoms with van der Waals surface area (Å²) in [5.41, 5.74) is 0. The molecular formula is C3H9LiNO5P. The number of rotatable bonds is 4. The van der Waals surface area contributed by atoms with Gasteiger partial charge in [-0.2, -0.15) is 0 Å². The summed E-state index contributed by atoms with van der Waals surface area (Å²) in [5.74, 6) is -1.14. The monoisotopic (exact) mass is 177 g/mol. The van der Waals surface area contributed by atoms with E-state index in [4.69, 9.17) is 14.9 Å². The minimum atomic E-state index is -4.10.